The number of hydrogen-bond acceptors (Lipinski definition) is 4. The number of aliphatic imine (C=N–C) groups is 1. The Hall–Kier alpha value is -0.900. The second kappa shape index (κ2) is 10.4. The zero-order chi connectivity index (χ0) is 17.6. The molecule has 8 heteroatoms. The number of fused-ring (bicyclic) bond motifs is 1. The normalized spacial score (nSPS) is 22.3. The highest BCUT2D eigenvalue weighted by Crippen LogP contribution is 2.26. The van der Waals surface area contributed by atoms with Gasteiger partial charge in [-0.25, -0.2) is 9.67 Å². The number of nitrogens with zero attached hydrogens (tertiary/aromatic N) is 4. The summed E-state index contributed by atoms with van der Waals surface area (Å²) >= 11 is 0. The molecule has 1 aliphatic heterocycles. The van der Waals surface area contributed by atoms with Crippen molar-refractivity contribution in [2.24, 2.45) is 10.9 Å². The number of halogens is 1. The summed E-state index contributed by atoms with van der Waals surface area (Å²) in [6, 6.07) is 0.290. The first-order valence-electron chi connectivity index (χ1n) is 9.79. The van der Waals surface area contributed by atoms with Gasteiger partial charge in [-0.15, -0.1) is 24.0 Å². The number of rotatable bonds is 5. The summed E-state index contributed by atoms with van der Waals surface area (Å²) in [5.41, 5.74) is 0. The average Bonchev–Trinajstić information content (AvgIpc) is 2.99. The number of guanidine groups is 1. The first-order valence-corrected chi connectivity index (χ1v) is 9.79. The third-order valence-electron chi connectivity index (χ3n) is 5.28. The molecule has 3 rings (SSSR count). The van der Waals surface area contributed by atoms with E-state index in [2.05, 4.69) is 32.6 Å². The van der Waals surface area contributed by atoms with Crippen LogP contribution in [0.3, 0.4) is 0 Å². The van der Waals surface area contributed by atoms with E-state index in [0.29, 0.717) is 18.5 Å². The predicted octanol–water partition coefficient (Wildman–Crippen LogP) is 2.02. The Bertz CT molecular complexity index is 584. The van der Waals surface area contributed by atoms with Crippen LogP contribution in [-0.2, 0) is 13.0 Å². The first kappa shape index (κ1) is 21.4. The largest absolute Gasteiger partial charge is 0.391 e. The fraction of sp³-hybridized carbons (Fsp3) is 0.833. The highest BCUT2D eigenvalue weighted by atomic mass is 127. The molecule has 1 aromatic rings. The van der Waals surface area contributed by atoms with Crippen molar-refractivity contribution >= 4 is 29.9 Å². The van der Waals surface area contributed by atoms with Crippen LogP contribution in [0.25, 0.3) is 0 Å². The Morgan fingerprint density at radius 2 is 2.08 bits per heavy atom. The van der Waals surface area contributed by atoms with E-state index in [0.717, 1.165) is 56.4 Å². The third kappa shape index (κ3) is 5.80. The highest BCUT2D eigenvalue weighted by molar-refractivity contribution is 14.0. The molecule has 0 radical (unpaired) electrons. The SMILES string of the molecule is CCNC(=NCC(O)C1CCCCC1)NC1CCc2nc(C)nn2C1.I. The van der Waals surface area contributed by atoms with E-state index in [1.807, 2.05) is 11.6 Å². The zero-order valence-corrected chi connectivity index (χ0v) is 18.3. The Balaban J connectivity index is 0.00000243. The van der Waals surface area contributed by atoms with Crippen molar-refractivity contribution in [2.45, 2.75) is 77.5 Å². The van der Waals surface area contributed by atoms with Gasteiger partial charge < -0.3 is 15.7 Å². The molecule has 3 N–H and O–H groups in total. The smallest absolute Gasteiger partial charge is 0.191 e. The molecule has 7 nitrogen and oxygen atoms in total. The van der Waals surface area contributed by atoms with E-state index in [1.54, 1.807) is 0 Å². The van der Waals surface area contributed by atoms with Gasteiger partial charge in [-0.2, -0.15) is 5.10 Å². The molecule has 2 heterocycles. The molecule has 1 fully saturated rings. The molecular weight excluding hydrogens is 443 g/mol. The van der Waals surface area contributed by atoms with Crippen LogP contribution in [0.1, 0.15) is 57.1 Å². The molecule has 1 aromatic heterocycles. The van der Waals surface area contributed by atoms with Gasteiger partial charge in [0.1, 0.15) is 11.6 Å². The van der Waals surface area contributed by atoms with E-state index < -0.39 is 0 Å². The fourth-order valence-electron chi connectivity index (χ4n) is 3.92. The van der Waals surface area contributed by atoms with Crippen LogP contribution < -0.4 is 10.6 Å². The summed E-state index contributed by atoms with van der Waals surface area (Å²) in [6.07, 6.45) is 7.69. The van der Waals surface area contributed by atoms with Crippen molar-refractivity contribution in [3.05, 3.63) is 11.6 Å². The van der Waals surface area contributed by atoms with Crippen molar-refractivity contribution in [2.75, 3.05) is 13.1 Å². The lowest BCUT2D eigenvalue weighted by molar-refractivity contribution is 0.0923. The van der Waals surface area contributed by atoms with Crippen LogP contribution in [0, 0.1) is 12.8 Å². The van der Waals surface area contributed by atoms with E-state index in [1.165, 1.54) is 19.3 Å². The van der Waals surface area contributed by atoms with Crippen LogP contribution in [0.2, 0.25) is 0 Å². The number of hydrogen-bond donors (Lipinski definition) is 3. The molecule has 1 saturated carbocycles. The second-order valence-corrected chi connectivity index (χ2v) is 7.32. The van der Waals surface area contributed by atoms with E-state index in [9.17, 15) is 5.11 Å². The van der Waals surface area contributed by atoms with Gasteiger partial charge >= 0.3 is 0 Å². The van der Waals surface area contributed by atoms with Gasteiger partial charge in [0.15, 0.2) is 5.96 Å². The minimum atomic E-state index is -0.327. The minimum Gasteiger partial charge on any atom is -0.391 e. The van der Waals surface area contributed by atoms with Gasteiger partial charge in [0.05, 0.1) is 19.2 Å². The van der Waals surface area contributed by atoms with Crippen LogP contribution in [0.5, 0.6) is 0 Å². The molecule has 0 aromatic carbocycles. The number of nitrogens with one attached hydrogen (secondary N) is 2. The van der Waals surface area contributed by atoms with Crippen LogP contribution in [0.4, 0.5) is 0 Å². The van der Waals surface area contributed by atoms with Crippen molar-refractivity contribution in [3.63, 3.8) is 0 Å². The molecule has 26 heavy (non-hydrogen) atoms. The van der Waals surface area contributed by atoms with Gasteiger partial charge in [0, 0.05) is 19.0 Å². The summed E-state index contributed by atoms with van der Waals surface area (Å²) in [5, 5.41) is 21.7. The molecule has 2 atom stereocenters. The molecular formula is C18H33IN6O. The third-order valence-corrected chi connectivity index (χ3v) is 5.28. The monoisotopic (exact) mass is 476 g/mol. The topological polar surface area (TPSA) is 87.4 Å². The van der Waals surface area contributed by atoms with Gasteiger partial charge in [0.2, 0.25) is 0 Å². The maximum Gasteiger partial charge on any atom is 0.191 e. The van der Waals surface area contributed by atoms with Crippen molar-refractivity contribution in [1.29, 1.82) is 0 Å². The zero-order valence-electron chi connectivity index (χ0n) is 15.9. The average molecular weight is 476 g/mol. The standard InChI is InChI=1S/C18H32N6O.HI/c1-3-19-18(20-11-16(25)14-7-5-4-6-8-14)22-15-9-10-17-21-13(2)23-24(17)12-15;/h14-16,25H,3-12H2,1-2H3,(H2,19,20,22);1H. The molecule has 0 spiro atoms. The Labute approximate surface area is 173 Å². The van der Waals surface area contributed by atoms with E-state index in [-0.39, 0.29) is 30.1 Å². The number of aliphatic hydroxyl groups excluding tert-OH is 1. The van der Waals surface area contributed by atoms with Gasteiger partial charge in [-0.3, -0.25) is 4.99 Å². The molecule has 2 unspecified atom stereocenters. The molecule has 2 aliphatic rings. The number of aliphatic hydroxyl groups is 1. The lowest BCUT2D eigenvalue weighted by Crippen LogP contribution is -2.47. The van der Waals surface area contributed by atoms with Crippen LogP contribution in [-0.4, -0.2) is 51.1 Å². The van der Waals surface area contributed by atoms with E-state index >= 15 is 0 Å². The summed E-state index contributed by atoms with van der Waals surface area (Å²) in [5.74, 6) is 3.12. The summed E-state index contributed by atoms with van der Waals surface area (Å²) in [7, 11) is 0. The number of aryl methyl sites for hydroxylation is 2. The maximum atomic E-state index is 10.4. The summed E-state index contributed by atoms with van der Waals surface area (Å²) in [6.45, 7) is 6.10. The second-order valence-electron chi connectivity index (χ2n) is 7.32. The fourth-order valence-corrected chi connectivity index (χ4v) is 3.92. The first-order chi connectivity index (χ1) is 12.2. The Morgan fingerprint density at radius 3 is 2.81 bits per heavy atom. The van der Waals surface area contributed by atoms with Gasteiger partial charge in [-0.05, 0) is 39.0 Å². The molecule has 0 bridgehead atoms. The summed E-state index contributed by atoms with van der Waals surface area (Å²) in [4.78, 5) is 9.10. The predicted molar refractivity (Wildman–Crippen MR) is 114 cm³/mol. The lowest BCUT2D eigenvalue weighted by Gasteiger charge is -2.27. The molecule has 0 saturated heterocycles. The Morgan fingerprint density at radius 1 is 1.31 bits per heavy atom. The molecule has 0 amide bonds. The van der Waals surface area contributed by atoms with E-state index in [4.69, 9.17) is 0 Å². The van der Waals surface area contributed by atoms with Crippen molar-refractivity contribution in [3.8, 4) is 0 Å². The molecule has 1 aliphatic carbocycles. The van der Waals surface area contributed by atoms with Gasteiger partial charge in [0.25, 0.3) is 0 Å². The molecule has 148 valence electrons. The maximum absolute atomic E-state index is 10.4. The number of aromatic nitrogens is 3. The summed E-state index contributed by atoms with van der Waals surface area (Å²) < 4.78 is 2.00. The van der Waals surface area contributed by atoms with Crippen LogP contribution in [0.15, 0.2) is 4.99 Å². The highest BCUT2D eigenvalue weighted by Gasteiger charge is 2.23. The minimum absolute atomic E-state index is 0. The van der Waals surface area contributed by atoms with Crippen LogP contribution >= 0.6 is 24.0 Å². The quantitative estimate of drug-likeness (QED) is 0.344. The van der Waals surface area contributed by atoms with Crippen molar-refractivity contribution in [1.82, 2.24) is 25.4 Å². The van der Waals surface area contributed by atoms with Gasteiger partial charge in [-0.1, -0.05) is 19.3 Å². The lowest BCUT2D eigenvalue weighted by atomic mass is 9.85. The van der Waals surface area contributed by atoms with Crippen molar-refractivity contribution < 1.29 is 5.11 Å². The Kier molecular flexibility index (Phi) is 8.59.